The first kappa shape index (κ1) is 21.4. The molecule has 1 heterocycles. The predicted molar refractivity (Wildman–Crippen MR) is 113 cm³/mol. The molecule has 1 atom stereocenters. The Bertz CT molecular complexity index is 1170. The molecule has 0 saturated carbocycles. The van der Waals surface area contributed by atoms with Gasteiger partial charge in [0.15, 0.2) is 5.60 Å². The maximum Gasteiger partial charge on any atom is 0.292 e. The van der Waals surface area contributed by atoms with Gasteiger partial charge < -0.3 is 15.8 Å². The lowest BCUT2D eigenvalue weighted by Crippen LogP contribution is -2.44. The van der Waals surface area contributed by atoms with E-state index in [1.54, 1.807) is 36.4 Å². The van der Waals surface area contributed by atoms with E-state index in [9.17, 15) is 14.7 Å². The van der Waals surface area contributed by atoms with E-state index in [1.807, 2.05) is 0 Å². The Balaban J connectivity index is 1.84. The van der Waals surface area contributed by atoms with E-state index in [-0.39, 0.29) is 11.3 Å². The third-order valence-electron chi connectivity index (χ3n) is 4.38. The summed E-state index contributed by atoms with van der Waals surface area (Å²) in [6.45, 7) is 1.24. The summed E-state index contributed by atoms with van der Waals surface area (Å²) in [5.41, 5.74) is 6.72. The second-order valence-corrected chi connectivity index (χ2v) is 6.68. The van der Waals surface area contributed by atoms with Gasteiger partial charge in [-0.25, -0.2) is 15.5 Å². The number of nitrogen functional groups attached to an aromatic ring is 1. The van der Waals surface area contributed by atoms with Crippen LogP contribution < -0.4 is 11.2 Å². The third kappa shape index (κ3) is 5.02. The standard InChI is InChI=1S/C22H19N5O4/c1-22(30,18-12-24-13-25-18)19(21(29)27-31)26-20(28)16-8-4-14(5-9-16)2-3-15-6-10-17(23)11-7-15/h4-13,30-31H,23H2,1H3,(H,24,25)(H,27,29)/b26-19-. The molecule has 31 heavy (non-hydrogen) atoms. The summed E-state index contributed by atoms with van der Waals surface area (Å²) in [5, 5.41) is 19.7. The van der Waals surface area contributed by atoms with Crippen molar-refractivity contribution in [2.75, 3.05) is 5.73 Å². The minimum Gasteiger partial charge on any atom is -0.399 e. The normalized spacial score (nSPS) is 12.9. The fourth-order valence-corrected chi connectivity index (χ4v) is 2.65. The molecule has 3 rings (SSSR count). The highest BCUT2D eigenvalue weighted by atomic mass is 16.5. The lowest BCUT2D eigenvalue weighted by Gasteiger charge is -2.21. The largest absolute Gasteiger partial charge is 0.399 e. The van der Waals surface area contributed by atoms with Gasteiger partial charge in [-0.1, -0.05) is 11.8 Å². The number of aliphatic hydroxyl groups is 1. The van der Waals surface area contributed by atoms with Crippen molar-refractivity contribution < 1.29 is 19.9 Å². The van der Waals surface area contributed by atoms with Gasteiger partial charge in [0.1, 0.15) is 5.71 Å². The minimum atomic E-state index is -2.02. The molecule has 0 radical (unpaired) electrons. The Morgan fingerprint density at radius 1 is 1.10 bits per heavy atom. The van der Waals surface area contributed by atoms with E-state index < -0.39 is 23.1 Å². The molecule has 0 aliphatic carbocycles. The zero-order valence-electron chi connectivity index (χ0n) is 16.5. The van der Waals surface area contributed by atoms with Gasteiger partial charge in [0.25, 0.3) is 11.8 Å². The number of aromatic nitrogens is 2. The van der Waals surface area contributed by atoms with Gasteiger partial charge in [0, 0.05) is 28.6 Å². The number of aliphatic imine (C=N–C) groups is 1. The number of amides is 2. The topological polar surface area (TPSA) is 154 Å². The minimum absolute atomic E-state index is 0.0518. The van der Waals surface area contributed by atoms with Crippen molar-refractivity contribution in [2.24, 2.45) is 4.99 Å². The molecule has 9 nitrogen and oxygen atoms in total. The number of imidazole rings is 1. The number of carbonyl (C=O) groups excluding carboxylic acids is 2. The van der Waals surface area contributed by atoms with Crippen LogP contribution in [0.25, 0.3) is 0 Å². The van der Waals surface area contributed by atoms with E-state index in [1.165, 1.54) is 37.1 Å². The van der Waals surface area contributed by atoms with Gasteiger partial charge in [0.2, 0.25) is 0 Å². The first-order chi connectivity index (χ1) is 14.8. The quantitative estimate of drug-likeness (QED) is 0.142. The van der Waals surface area contributed by atoms with Crippen molar-refractivity contribution in [3.05, 3.63) is 83.4 Å². The van der Waals surface area contributed by atoms with Crippen molar-refractivity contribution in [1.82, 2.24) is 15.4 Å². The Labute approximate surface area is 177 Å². The molecular weight excluding hydrogens is 398 g/mol. The van der Waals surface area contributed by atoms with Crippen molar-refractivity contribution in [3.8, 4) is 11.8 Å². The monoisotopic (exact) mass is 417 g/mol. The fourth-order valence-electron chi connectivity index (χ4n) is 2.65. The van der Waals surface area contributed by atoms with Gasteiger partial charge in [-0.3, -0.25) is 14.8 Å². The highest BCUT2D eigenvalue weighted by molar-refractivity contribution is 6.43. The van der Waals surface area contributed by atoms with Crippen molar-refractivity contribution in [1.29, 1.82) is 0 Å². The number of H-pyrrole nitrogens is 1. The molecule has 2 amide bonds. The molecule has 0 aliphatic heterocycles. The lowest BCUT2D eigenvalue weighted by atomic mass is 9.95. The zero-order valence-corrected chi connectivity index (χ0v) is 16.5. The zero-order chi connectivity index (χ0) is 22.4. The summed E-state index contributed by atoms with van der Waals surface area (Å²) in [4.78, 5) is 34.9. The second kappa shape index (κ2) is 9.04. The Kier molecular flexibility index (Phi) is 6.26. The van der Waals surface area contributed by atoms with Gasteiger partial charge >= 0.3 is 0 Å². The third-order valence-corrected chi connectivity index (χ3v) is 4.38. The maximum absolute atomic E-state index is 12.6. The van der Waals surface area contributed by atoms with Gasteiger partial charge in [0.05, 0.1) is 12.0 Å². The molecule has 0 saturated heterocycles. The Hall–Kier alpha value is -4.26. The molecule has 156 valence electrons. The molecule has 0 aliphatic rings. The van der Waals surface area contributed by atoms with E-state index in [4.69, 9.17) is 10.9 Å². The number of hydrogen-bond donors (Lipinski definition) is 5. The molecule has 1 aromatic heterocycles. The van der Waals surface area contributed by atoms with E-state index in [0.29, 0.717) is 11.3 Å². The summed E-state index contributed by atoms with van der Waals surface area (Å²) in [7, 11) is 0. The molecule has 0 bridgehead atoms. The predicted octanol–water partition coefficient (Wildman–Crippen LogP) is 1.39. The molecule has 2 aromatic carbocycles. The van der Waals surface area contributed by atoms with Crippen LogP contribution in [0.2, 0.25) is 0 Å². The number of rotatable bonds is 4. The van der Waals surface area contributed by atoms with Crippen LogP contribution in [0.3, 0.4) is 0 Å². The summed E-state index contributed by atoms with van der Waals surface area (Å²) in [6, 6.07) is 13.4. The highest BCUT2D eigenvalue weighted by Gasteiger charge is 2.37. The van der Waals surface area contributed by atoms with Crippen molar-refractivity contribution in [3.63, 3.8) is 0 Å². The maximum atomic E-state index is 12.6. The van der Waals surface area contributed by atoms with Crippen molar-refractivity contribution >= 4 is 23.2 Å². The van der Waals surface area contributed by atoms with Crippen LogP contribution in [0.5, 0.6) is 0 Å². The first-order valence-corrected chi connectivity index (χ1v) is 9.08. The number of nitrogens with zero attached hydrogens (tertiary/aromatic N) is 2. The lowest BCUT2D eigenvalue weighted by molar-refractivity contribution is -0.123. The number of nitrogens with one attached hydrogen (secondary N) is 2. The Morgan fingerprint density at radius 2 is 1.68 bits per heavy atom. The number of carbonyl (C=O) groups is 2. The Morgan fingerprint density at radius 3 is 2.19 bits per heavy atom. The molecule has 9 heteroatoms. The van der Waals surface area contributed by atoms with E-state index >= 15 is 0 Å². The fraction of sp³-hybridized carbons (Fsp3) is 0.0909. The smallest absolute Gasteiger partial charge is 0.292 e. The van der Waals surface area contributed by atoms with Crippen LogP contribution in [0.15, 0.2) is 66.0 Å². The summed E-state index contributed by atoms with van der Waals surface area (Å²) >= 11 is 0. The highest BCUT2D eigenvalue weighted by Crippen LogP contribution is 2.21. The van der Waals surface area contributed by atoms with E-state index in [2.05, 4.69) is 26.8 Å². The number of aromatic amines is 1. The summed E-state index contributed by atoms with van der Waals surface area (Å²) in [6.07, 6.45) is 2.64. The summed E-state index contributed by atoms with van der Waals surface area (Å²) in [5.74, 6) is 4.04. The van der Waals surface area contributed by atoms with Gasteiger partial charge in [-0.2, -0.15) is 0 Å². The van der Waals surface area contributed by atoms with Crippen molar-refractivity contribution in [2.45, 2.75) is 12.5 Å². The average Bonchev–Trinajstić information content (AvgIpc) is 3.32. The SMILES string of the molecule is CC(O)(/C(=N\C(=O)c1ccc(C#Cc2ccc(N)cc2)cc1)C(=O)NO)c1c[nH]cn1. The number of hydrogen-bond acceptors (Lipinski definition) is 6. The molecule has 6 N–H and O–H groups in total. The van der Waals surface area contributed by atoms with Crippen LogP contribution in [0.1, 0.15) is 34.1 Å². The molecular formula is C22H19N5O4. The first-order valence-electron chi connectivity index (χ1n) is 9.08. The van der Waals surface area contributed by atoms with Crippen LogP contribution in [0.4, 0.5) is 5.69 Å². The molecule has 3 aromatic rings. The number of anilines is 1. The second-order valence-electron chi connectivity index (χ2n) is 6.68. The van der Waals surface area contributed by atoms with Crippen LogP contribution in [0, 0.1) is 11.8 Å². The number of benzene rings is 2. The average molecular weight is 417 g/mol. The van der Waals surface area contributed by atoms with Gasteiger partial charge in [-0.15, -0.1) is 0 Å². The van der Waals surface area contributed by atoms with Crippen LogP contribution in [-0.2, 0) is 10.4 Å². The molecule has 1 unspecified atom stereocenters. The molecule has 0 spiro atoms. The number of nitrogens with two attached hydrogens (primary N) is 1. The molecule has 0 fully saturated rings. The van der Waals surface area contributed by atoms with Crippen LogP contribution >= 0.6 is 0 Å². The van der Waals surface area contributed by atoms with Crippen LogP contribution in [-0.4, -0.2) is 37.8 Å². The van der Waals surface area contributed by atoms with Gasteiger partial charge in [-0.05, 0) is 55.5 Å². The number of hydroxylamine groups is 1. The van der Waals surface area contributed by atoms with E-state index in [0.717, 1.165) is 5.56 Å². The summed E-state index contributed by atoms with van der Waals surface area (Å²) < 4.78 is 0.